The van der Waals surface area contributed by atoms with Gasteiger partial charge in [0.15, 0.2) is 0 Å². The number of rotatable bonds is 9. The van der Waals surface area contributed by atoms with Crippen LogP contribution in [-0.2, 0) is 4.74 Å². The molecule has 1 saturated carbocycles. The number of pyridine rings is 1. The molecule has 1 aromatic heterocycles. The number of carbonyl (C=O) groups is 2. The Bertz CT molecular complexity index is 1720. The van der Waals surface area contributed by atoms with Gasteiger partial charge in [0.2, 0.25) is 5.43 Å². The Morgan fingerprint density at radius 3 is 2.57 bits per heavy atom. The van der Waals surface area contributed by atoms with Gasteiger partial charge in [-0.2, -0.15) is 0 Å². The van der Waals surface area contributed by atoms with Crippen LogP contribution in [0, 0.1) is 36.4 Å². The van der Waals surface area contributed by atoms with Crippen LogP contribution < -0.4 is 20.8 Å². The average Bonchev–Trinajstić information content (AvgIpc) is 3.85. The van der Waals surface area contributed by atoms with Crippen LogP contribution in [-0.4, -0.2) is 42.2 Å². The summed E-state index contributed by atoms with van der Waals surface area (Å²) < 4.78 is 28.3. The molecule has 10 heteroatoms. The Labute approximate surface area is 260 Å². The van der Waals surface area contributed by atoms with Gasteiger partial charge in [0, 0.05) is 50.1 Å². The summed E-state index contributed by atoms with van der Waals surface area (Å²) >= 11 is 6.86. The third-order valence-corrected chi connectivity index (χ3v) is 8.27. The van der Waals surface area contributed by atoms with E-state index >= 15 is 4.39 Å². The molecule has 1 atom stereocenters. The molecule has 2 fully saturated rings. The lowest BCUT2D eigenvalue weighted by Gasteiger charge is -2.27. The monoisotopic (exact) mass is 617 g/mol. The minimum absolute atomic E-state index is 0.00211. The zero-order valence-electron chi connectivity index (χ0n) is 24.2. The maximum atomic E-state index is 15.7. The maximum absolute atomic E-state index is 15.7. The van der Waals surface area contributed by atoms with E-state index in [0.717, 1.165) is 38.2 Å². The predicted octanol–water partition coefficient (Wildman–Crippen LogP) is 5.49. The SMILES string of the molecule is C#CCC(CC#C)COC(=O)c1cccc(OC(=O)c2cn(C3CC3)c3c(Cl)c(N4CCCC[C@H](N)C4)c(F)cc3c2=O)c1. The van der Waals surface area contributed by atoms with Crippen molar-refractivity contribution in [2.75, 3.05) is 24.6 Å². The van der Waals surface area contributed by atoms with Gasteiger partial charge >= 0.3 is 11.9 Å². The summed E-state index contributed by atoms with van der Waals surface area (Å²) in [6, 6.07) is 6.87. The molecule has 2 N–H and O–H groups in total. The number of terminal acetylenes is 2. The van der Waals surface area contributed by atoms with Gasteiger partial charge in [-0.1, -0.05) is 24.1 Å². The van der Waals surface area contributed by atoms with Crippen LogP contribution in [0.1, 0.15) is 71.7 Å². The summed E-state index contributed by atoms with van der Waals surface area (Å²) in [5, 5.41) is 0.110. The van der Waals surface area contributed by atoms with Crippen molar-refractivity contribution in [2.45, 2.75) is 57.0 Å². The number of carbonyl (C=O) groups excluding carboxylic acids is 2. The van der Waals surface area contributed by atoms with Crippen LogP contribution in [0.5, 0.6) is 5.75 Å². The largest absolute Gasteiger partial charge is 0.462 e. The molecule has 1 saturated heterocycles. The molecule has 0 bridgehead atoms. The van der Waals surface area contributed by atoms with Crippen molar-refractivity contribution in [1.29, 1.82) is 0 Å². The van der Waals surface area contributed by atoms with Crippen molar-refractivity contribution < 1.29 is 23.5 Å². The second-order valence-corrected chi connectivity index (χ2v) is 11.7. The first-order valence-electron chi connectivity index (χ1n) is 14.7. The smallest absolute Gasteiger partial charge is 0.349 e. The van der Waals surface area contributed by atoms with Gasteiger partial charge < -0.3 is 24.7 Å². The molecule has 0 spiro atoms. The van der Waals surface area contributed by atoms with E-state index in [1.54, 1.807) is 4.57 Å². The molecule has 228 valence electrons. The van der Waals surface area contributed by atoms with E-state index in [4.69, 9.17) is 39.7 Å². The van der Waals surface area contributed by atoms with Crippen LogP contribution in [0.15, 0.2) is 41.3 Å². The topological polar surface area (TPSA) is 104 Å². The van der Waals surface area contributed by atoms with Crippen LogP contribution in [0.25, 0.3) is 10.9 Å². The Hall–Kier alpha value is -4.31. The molecular weight excluding hydrogens is 585 g/mol. The standard InChI is InChI=1S/C34H33ClFN3O5/c1-3-8-21(9-4-2)20-43-33(41)22-10-7-12-25(16-22)44-34(42)27-19-39(24-13-14-24)30-26(32(27)40)17-28(36)31(29(30)35)38-15-6-5-11-23(37)18-38/h1-2,7,10,12,16-17,19,21,23-24H,5-6,8-9,11,13-15,18,20,37H2/t23-/m0/s1. The lowest BCUT2D eigenvalue weighted by Crippen LogP contribution is -2.36. The Balaban J connectivity index is 1.43. The third-order valence-electron chi connectivity index (χ3n) is 7.91. The van der Waals surface area contributed by atoms with Crippen molar-refractivity contribution in [3.63, 3.8) is 0 Å². The Kier molecular flexibility index (Phi) is 9.58. The highest BCUT2D eigenvalue weighted by Crippen LogP contribution is 2.42. The second-order valence-electron chi connectivity index (χ2n) is 11.3. The number of fused-ring (bicyclic) bond motifs is 1. The van der Waals surface area contributed by atoms with Crippen LogP contribution in [0.3, 0.4) is 0 Å². The predicted molar refractivity (Wildman–Crippen MR) is 168 cm³/mol. The van der Waals surface area contributed by atoms with Gasteiger partial charge in [0.25, 0.3) is 0 Å². The van der Waals surface area contributed by atoms with Crippen molar-refractivity contribution in [3.05, 3.63) is 68.7 Å². The second kappa shape index (κ2) is 13.5. The Morgan fingerprint density at radius 2 is 1.86 bits per heavy atom. The number of benzene rings is 2. The molecule has 8 nitrogen and oxygen atoms in total. The van der Waals surface area contributed by atoms with Gasteiger partial charge in [-0.15, -0.1) is 24.7 Å². The molecule has 2 aliphatic rings. The molecule has 0 amide bonds. The summed E-state index contributed by atoms with van der Waals surface area (Å²) in [5.41, 5.74) is 5.98. The fourth-order valence-corrected chi connectivity index (χ4v) is 5.94. The molecule has 2 heterocycles. The number of hydrogen-bond donors (Lipinski definition) is 1. The highest BCUT2D eigenvalue weighted by molar-refractivity contribution is 6.38. The number of nitrogens with zero attached hydrogens (tertiary/aromatic N) is 2. The van der Waals surface area contributed by atoms with Crippen molar-refractivity contribution in [1.82, 2.24) is 4.57 Å². The maximum Gasteiger partial charge on any atom is 0.349 e. The zero-order valence-corrected chi connectivity index (χ0v) is 24.9. The minimum atomic E-state index is -0.945. The van der Waals surface area contributed by atoms with Crippen molar-refractivity contribution in [2.24, 2.45) is 11.7 Å². The van der Waals surface area contributed by atoms with Crippen LogP contribution in [0.4, 0.5) is 10.1 Å². The van der Waals surface area contributed by atoms with Crippen molar-refractivity contribution >= 4 is 40.1 Å². The molecule has 2 aromatic carbocycles. The van der Waals surface area contributed by atoms with E-state index in [1.165, 1.54) is 30.5 Å². The first-order valence-corrected chi connectivity index (χ1v) is 15.0. The molecule has 0 unspecified atom stereocenters. The van der Waals surface area contributed by atoms with Crippen molar-refractivity contribution in [3.8, 4) is 30.4 Å². The van der Waals surface area contributed by atoms with Gasteiger partial charge in [-0.25, -0.2) is 14.0 Å². The summed E-state index contributed by atoms with van der Waals surface area (Å²) in [7, 11) is 0. The van der Waals surface area contributed by atoms with Gasteiger partial charge in [-0.05, 0) is 49.9 Å². The third kappa shape index (κ3) is 6.75. The normalized spacial score (nSPS) is 16.7. The molecule has 5 rings (SSSR count). The number of nitrogens with two attached hydrogens (primary N) is 1. The van der Waals surface area contributed by atoms with Crippen LogP contribution in [0.2, 0.25) is 5.02 Å². The highest BCUT2D eigenvalue weighted by atomic mass is 35.5. The Morgan fingerprint density at radius 1 is 1.11 bits per heavy atom. The molecule has 1 aliphatic heterocycles. The number of anilines is 1. The van der Waals surface area contributed by atoms with Gasteiger partial charge in [0.05, 0.1) is 33.8 Å². The zero-order chi connectivity index (χ0) is 31.4. The summed E-state index contributed by atoms with van der Waals surface area (Å²) in [5.74, 6) is 2.64. The summed E-state index contributed by atoms with van der Waals surface area (Å²) in [6.07, 6.45) is 17.1. The number of hydrogen-bond acceptors (Lipinski definition) is 7. The molecule has 0 radical (unpaired) electrons. The molecule has 44 heavy (non-hydrogen) atoms. The lowest BCUT2D eigenvalue weighted by molar-refractivity contribution is 0.0442. The number of ether oxygens (including phenoxy) is 2. The lowest BCUT2D eigenvalue weighted by atomic mass is 10.0. The fraction of sp³-hybridized carbons (Fsp3) is 0.382. The van der Waals surface area contributed by atoms with E-state index in [1.807, 2.05) is 4.90 Å². The van der Waals surface area contributed by atoms with E-state index in [-0.39, 0.29) is 57.6 Å². The van der Waals surface area contributed by atoms with E-state index in [9.17, 15) is 14.4 Å². The summed E-state index contributed by atoms with van der Waals surface area (Å²) in [4.78, 5) is 41.4. The van der Waals surface area contributed by atoms with Crippen LogP contribution >= 0.6 is 11.6 Å². The number of halogens is 2. The van der Waals surface area contributed by atoms with Gasteiger partial charge in [-0.3, -0.25) is 4.79 Å². The fourth-order valence-electron chi connectivity index (χ4n) is 5.53. The number of aromatic nitrogens is 1. The minimum Gasteiger partial charge on any atom is -0.462 e. The van der Waals surface area contributed by atoms with E-state index in [2.05, 4.69) is 11.8 Å². The first-order chi connectivity index (χ1) is 21.2. The average molecular weight is 618 g/mol. The summed E-state index contributed by atoms with van der Waals surface area (Å²) in [6.45, 7) is 1.08. The van der Waals surface area contributed by atoms with E-state index < -0.39 is 23.2 Å². The van der Waals surface area contributed by atoms with Gasteiger partial charge in [0.1, 0.15) is 17.1 Å². The number of esters is 2. The highest BCUT2D eigenvalue weighted by Gasteiger charge is 2.31. The molecule has 1 aliphatic carbocycles. The quantitative estimate of drug-likeness (QED) is 0.192. The molecule has 3 aromatic rings. The first kappa shape index (κ1) is 31.1. The molecular formula is C34H33ClFN3O5. The van der Waals surface area contributed by atoms with E-state index in [0.29, 0.717) is 31.4 Å².